The molecule has 12 heavy (non-hydrogen) atoms. The van der Waals surface area contributed by atoms with Gasteiger partial charge in [0.1, 0.15) is 0 Å². The van der Waals surface area contributed by atoms with E-state index < -0.39 is 0 Å². The van der Waals surface area contributed by atoms with Gasteiger partial charge in [0, 0.05) is 0 Å². The van der Waals surface area contributed by atoms with Gasteiger partial charge >= 0.3 is 0 Å². The van der Waals surface area contributed by atoms with Crippen LogP contribution in [0.15, 0.2) is 22.9 Å². The molecule has 0 unspecified atom stereocenters. The molecule has 72 valence electrons. The summed E-state index contributed by atoms with van der Waals surface area (Å²) in [7, 11) is 0. The SMILES string of the molecule is CCCCCN.F.c1ccsc1. The van der Waals surface area contributed by atoms with Gasteiger partial charge in [-0.15, -0.1) is 0 Å². The largest absolute Gasteiger partial charge is 0.330 e. The van der Waals surface area contributed by atoms with Crippen molar-refractivity contribution >= 4 is 11.3 Å². The van der Waals surface area contributed by atoms with E-state index in [1.807, 2.05) is 22.9 Å². The first kappa shape index (κ1) is 14.1. The molecule has 0 aliphatic heterocycles. The molecule has 1 nitrogen and oxygen atoms in total. The predicted octanol–water partition coefficient (Wildman–Crippen LogP) is 3.04. The lowest BCUT2D eigenvalue weighted by molar-refractivity contribution is 0.727. The van der Waals surface area contributed by atoms with Crippen molar-refractivity contribution in [2.75, 3.05) is 6.54 Å². The van der Waals surface area contributed by atoms with Gasteiger partial charge < -0.3 is 5.73 Å². The van der Waals surface area contributed by atoms with Crippen LogP contribution in [0.2, 0.25) is 0 Å². The van der Waals surface area contributed by atoms with E-state index in [4.69, 9.17) is 5.73 Å². The summed E-state index contributed by atoms with van der Waals surface area (Å²) in [5.74, 6) is 0. The van der Waals surface area contributed by atoms with E-state index >= 15 is 0 Å². The Morgan fingerprint density at radius 3 is 1.92 bits per heavy atom. The van der Waals surface area contributed by atoms with Crippen LogP contribution in [-0.4, -0.2) is 6.54 Å². The third kappa shape index (κ3) is 12.3. The molecule has 2 N–H and O–H groups in total. The summed E-state index contributed by atoms with van der Waals surface area (Å²) < 4.78 is 0. The highest BCUT2D eigenvalue weighted by Crippen LogP contribution is 1.91. The summed E-state index contributed by atoms with van der Waals surface area (Å²) in [6, 6.07) is 4.04. The molecular weight excluding hydrogens is 173 g/mol. The van der Waals surface area contributed by atoms with Gasteiger partial charge in [-0.05, 0) is 23.7 Å². The average molecular weight is 191 g/mol. The van der Waals surface area contributed by atoms with Crippen molar-refractivity contribution in [3.63, 3.8) is 0 Å². The fourth-order valence-corrected chi connectivity index (χ4v) is 1.07. The normalized spacial score (nSPS) is 7.83. The van der Waals surface area contributed by atoms with Crippen LogP contribution in [-0.2, 0) is 0 Å². The van der Waals surface area contributed by atoms with Crippen molar-refractivity contribution in [3.05, 3.63) is 22.9 Å². The quantitative estimate of drug-likeness (QED) is 0.730. The van der Waals surface area contributed by atoms with E-state index in [0.29, 0.717) is 0 Å². The number of halogens is 1. The number of rotatable bonds is 3. The van der Waals surface area contributed by atoms with Gasteiger partial charge in [-0.25, -0.2) is 0 Å². The highest BCUT2D eigenvalue weighted by atomic mass is 32.1. The van der Waals surface area contributed by atoms with Crippen molar-refractivity contribution in [2.45, 2.75) is 26.2 Å². The van der Waals surface area contributed by atoms with E-state index in [0.717, 1.165) is 6.54 Å². The molecule has 1 aromatic rings. The standard InChI is InChI=1S/C5H13N.C4H4S.FH/c1-2-3-4-5-6;1-2-4-5-3-1;/h2-6H2,1H3;1-4H;1H. The molecule has 1 rings (SSSR count). The van der Waals surface area contributed by atoms with Gasteiger partial charge in [0.15, 0.2) is 0 Å². The van der Waals surface area contributed by atoms with Crippen molar-refractivity contribution in [1.29, 1.82) is 0 Å². The molecule has 0 radical (unpaired) electrons. The molecule has 0 saturated heterocycles. The Morgan fingerprint density at radius 2 is 1.75 bits per heavy atom. The number of hydrogen-bond acceptors (Lipinski definition) is 2. The van der Waals surface area contributed by atoms with Crippen LogP contribution in [0.25, 0.3) is 0 Å². The molecule has 0 amide bonds. The minimum Gasteiger partial charge on any atom is -0.330 e. The van der Waals surface area contributed by atoms with Crippen LogP contribution < -0.4 is 5.73 Å². The Kier molecular flexibility index (Phi) is 15.5. The van der Waals surface area contributed by atoms with Gasteiger partial charge in [-0.2, -0.15) is 11.3 Å². The maximum atomic E-state index is 5.21. The Balaban J connectivity index is 0. The summed E-state index contributed by atoms with van der Waals surface area (Å²) in [6.45, 7) is 3.03. The third-order valence-electron chi connectivity index (χ3n) is 1.23. The van der Waals surface area contributed by atoms with Crippen molar-refractivity contribution in [2.24, 2.45) is 5.73 Å². The summed E-state index contributed by atoms with van der Waals surface area (Å²) in [6.07, 6.45) is 3.75. The lowest BCUT2D eigenvalue weighted by Crippen LogP contribution is -1.96. The fraction of sp³-hybridized carbons (Fsp3) is 0.556. The molecule has 0 atom stereocenters. The average Bonchev–Trinajstić information content (AvgIpc) is 2.57. The second kappa shape index (κ2) is 13.2. The topological polar surface area (TPSA) is 26.0 Å². The minimum atomic E-state index is 0. The minimum absolute atomic E-state index is 0. The summed E-state index contributed by atoms with van der Waals surface area (Å²) in [5.41, 5.74) is 5.21. The summed E-state index contributed by atoms with van der Waals surface area (Å²) >= 11 is 1.71. The Morgan fingerprint density at radius 1 is 1.17 bits per heavy atom. The third-order valence-corrected chi connectivity index (χ3v) is 1.86. The zero-order valence-corrected chi connectivity index (χ0v) is 8.35. The Bertz CT molecular complexity index is 110. The van der Waals surface area contributed by atoms with Crippen LogP contribution in [0, 0.1) is 0 Å². The zero-order chi connectivity index (χ0) is 8.36. The van der Waals surface area contributed by atoms with Crippen LogP contribution in [0.1, 0.15) is 26.2 Å². The zero-order valence-electron chi connectivity index (χ0n) is 7.53. The maximum Gasteiger partial charge on any atom is -0.00773 e. The van der Waals surface area contributed by atoms with E-state index in [1.165, 1.54) is 19.3 Å². The lowest BCUT2D eigenvalue weighted by Gasteiger charge is -1.86. The van der Waals surface area contributed by atoms with E-state index in [9.17, 15) is 0 Å². The molecule has 1 aromatic heterocycles. The van der Waals surface area contributed by atoms with Gasteiger partial charge in [-0.3, -0.25) is 4.70 Å². The maximum absolute atomic E-state index is 5.21. The van der Waals surface area contributed by atoms with E-state index in [2.05, 4.69) is 6.92 Å². The first-order valence-electron chi connectivity index (χ1n) is 4.09. The molecule has 0 aromatic carbocycles. The van der Waals surface area contributed by atoms with Gasteiger partial charge in [-0.1, -0.05) is 31.9 Å². The monoisotopic (exact) mass is 191 g/mol. The highest BCUT2D eigenvalue weighted by molar-refractivity contribution is 7.07. The number of unbranched alkanes of at least 4 members (excludes halogenated alkanes) is 2. The molecule has 3 heteroatoms. The molecule has 0 aliphatic rings. The molecular formula is C9H18FNS. The van der Waals surface area contributed by atoms with Crippen LogP contribution >= 0.6 is 11.3 Å². The molecule has 0 aliphatic carbocycles. The molecule has 0 bridgehead atoms. The number of nitrogens with two attached hydrogens (primary N) is 1. The van der Waals surface area contributed by atoms with Gasteiger partial charge in [0.2, 0.25) is 0 Å². The van der Waals surface area contributed by atoms with Crippen molar-refractivity contribution in [3.8, 4) is 0 Å². The molecule has 0 saturated carbocycles. The van der Waals surface area contributed by atoms with E-state index in [-0.39, 0.29) is 4.70 Å². The van der Waals surface area contributed by atoms with Crippen LogP contribution in [0.5, 0.6) is 0 Å². The van der Waals surface area contributed by atoms with Crippen molar-refractivity contribution in [1.82, 2.24) is 0 Å². The van der Waals surface area contributed by atoms with Crippen LogP contribution in [0.4, 0.5) is 4.70 Å². The lowest BCUT2D eigenvalue weighted by atomic mass is 10.3. The molecule has 0 spiro atoms. The van der Waals surface area contributed by atoms with Gasteiger partial charge in [0.05, 0.1) is 0 Å². The molecule has 1 heterocycles. The van der Waals surface area contributed by atoms with Gasteiger partial charge in [0.25, 0.3) is 0 Å². The second-order valence-corrected chi connectivity index (χ2v) is 3.11. The smallest absolute Gasteiger partial charge is 0.00773 e. The molecule has 0 fully saturated rings. The Hall–Kier alpha value is -0.410. The Labute approximate surface area is 78.0 Å². The highest BCUT2D eigenvalue weighted by Gasteiger charge is 1.75. The first-order chi connectivity index (χ1) is 5.41. The fourth-order valence-electron chi connectivity index (χ4n) is 0.621. The number of hydrogen-bond donors (Lipinski definition) is 1. The summed E-state index contributed by atoms with van der Waals surface area (Å²) in [5, 5.41) is 4.08. The van der Waals surface area contributed by atoms with Crippen LogP contribution in [0.3, 0.4) is 0 Å². The first-order valence-corrected chi connectivity index (χ1v) is 5.03. The van der Waals surface area contributed by atoms with Crippen molar-refractivity contribution < 1.29 is 4.70 Å². The second-order valence-electron chi connectivity index (χ2n) is 2.29. The summed E-state index contributed by atoms with van der Waals surface area (Å²) in [4.78, 5) is 0. The number of thiophene rings is 1. The predicted molar refractivity (Wildman–Crippen MR) is 55.4 cm³/mol. The van der Waals surface area contributed by atoms with E-state index in [1.54, 1.807) is 11.3 Å².